The van der Waals surface area contributed by atoms with Crippen LogP contribution in [0.4, 0.5) is 0 Å². The molecule has 21 heavy (non-hydrogen) atoms. The molecule has 0 aromatic heterocycles. The van der Waals surface area contributed by atoms with Gasteiger partial charge in [0.15, 0.2) is 0 Å². The topological polar surface area (TPSA) is 98.5 Å². The quantitative estimate of drug-likeness (QED) is 0.907. The number of benzene rings is 1. The number of sulfonamides is 1. The summed E-state index contributed by atoms with van der Waals surface area (Å²) in [6.07, 6.45) is 0.472. The van der Waals surface area contributed by atoms with Gasteiger partial charge in [-0.1, -0.05) is 13.0 Å². The van der Waals surface area contributed by atoms with E-state index in [2.05, 4.69) is 0 Å². The molecule has 1 aliphatic rings. The Morgan fingerprint density at radius 1 is 1.43 bits per heavy atom. The minimum Gasteiger partial charge on any atom is -0.481 e. The summed E-state index contributed by atoms with van der Waals surface area (Å²) in [6.45, 7) is 2.10. The molecule has 1 fully saturated rings. The van der Waals surface area contributed by atoms with Crippen LogP contribution in [0.5, 0.6) is 0 Å². The zero-order valence-electron chi connectivity index (χ0n) is 11.6. The van der Waals surface area contributed by atoms with Crippen molar-refractivity contribution in [3.05, 3.63) is 29.8 Å². The van der Waals surface area contributed by atoms with Gasteiger partial charge in [-0.15, -0.1) is 0 Å². The highest BCUT2D eigenvalue weighted by Gasteiger charge is 2.36. The largest absolute Gasteiger partial charge is 0.481 e. The van der Waals surface area contributed by atoms with Crippen molar-refractivity contribution in [2.24, 2.45) is 11.8 Å². The highest BCUT2D eigenvalue weighted by atomic mass is 32.2. The first-order chi connectivity index (χ1) is 9.84. The van der Waals surface area contributed by atoms with E-state index in [1.54, 1.807) is 0 Å². The van der Waals surface area contributed by atoms with E-state index >= 15 is 0 Å². The fourth-order valence-electron chi connectivity index (χ4n) is 2.55. The Kier molecular flexibility index (Phi) is 4.30. The average Bonchev–Trinajstić information content (AvgIpc) is 2.46. The van der Waals surface area contributed by atoms with Gasteiger partial charge in [0.2, 0.25) is 10.0 Å². The van der Waals surface area contributed by atoms with Crippen LogP contribution in [0, 0.1) is 23.2 Å². The summed E-state index contributed by atoms with van der Waals surface area (Å²) in [6, 6.07) is 7.67. The predicted molar refractivity (Wildman–Crippen MR) is 74.8 cm³/mol. The van der Waals surface area contributed by atoms with Crippen molar-refractivity contribution >= 4 is 16.0 Å². The molecule has 112 valence electrons. The first kappa shape index (κ1) is 15.5. The van der Waals surface area contributed by atoms with Crippen LogP contribution in [0.15, 0.2) is 29.2 Å². The molecule has 0 spiro atoms. The number of piperidine rings is 1. The summed E-state index contributed by atoms with van der Waals surface area (Å²) in [5, 5.41) is 18.0. The lowest BCUT2D eigenvalue weighted by Crippen LogP contribution is -2.45. The van der Waals surface area contributed by atoms with E-state index < -0.39 is 21.9 Å². The maximum absolute atomic E-state index is 12.6. The van der Waals surface area contributed by atoms with Crippen LogP contribution in [-0.4, -0.2) is 36.9 Å². The van der Waals surface area contributed by atoms with Gasteiger partial charge < -0.3 is 5.11 Å². The van der Waals surface area contributed by atoms with E-state index in [0.29, 0.717) is 13.0 Å². The number of nitrogens with zero attached hydrogens (tertiary/aromatic N) is 2. The van der Waals surface area contributed by atoms with Crippen LogP contribution in [0.25, 0.3) is 0 Å². The molecular formula is C14H16N2O4S. The molecule has 2 atom stereocenters. The van der Waals surface area contributed by atoms with Crippen LogP contribution in [0.3, 0.4) is 0 Å². The van der Waals surface area contributed by atoms with Crippen LogP contribution in [0.1, 0.15) is 18.9 Å². The third-order valence-corrected chi connectivity index (χ3v) is 5.40. The van der Waals surface area contributed by atoms with Crippen LogP contribution < -0.4 is 0 Å². The summed E-state index contributed by atoms with van der Waals surface area (Å²) in [4.78, 5) is 11.2. The molecule has 1 N–H and O–H groups in total. The van der Waals surface area contributed by atoms with Gasteiger partial charge in [0.25, 0.3) is 0 Å². The van der Waals surface area contributed by atoms with E-state index in [4.69, 9.17) is 10.4 Å². The fourth-order valence-corrected chi connectivity index (χ4v) is 4.20. The molecule has 1 aromatic carbocycles. The van der Waals surface area contributed by atoms with E-state index in [0.717, 1.165) is 0 Å². The van der Waals surface area contributed by atoms with Gasteiger partial charge >= 0.3 is 5.97 Å². The van der Waals surface area contributed by atoms with E-state index in [-0.39, 0.29) is 22.9 Å². The van der Waals surface area contributed by atoms with Gasteiger partial charge in [0.05, 0.1) is 22.4 Å². The highest BCUT2D eigenvalue weighted by molar-refractivity contribution is 7.89. The van der Waals surface area contributed by atoms with Gasteiger partial charge in [-0.3, -0.25) is 4.79 Å². The lowest BCUT2D eigenvalue weighted by Gasteiger charge is -2.33. The maximum Gasteiger partial charge on any atom is 0.307 e. The Labute approximate surface area is 123 Å². The molecule has 1 aliphatic heterocycles. The molecule has 0 saturated carbocycles. The second-order valence-electron chi connectivity index (χ2n) is 5.34. The number of hydrogen-bond donors (Lipinski definition) is 1. The number of aliphatic carboxylic acids is 1. The SMILES string of the molecule is CC1CC(C(=O)O)CN(S(=O)(=O)c2cccc(C#N)c2)C1. The van der Waals surface area contributed by atoms with Crippen molar-refractivity contribution in [1.82, 2.24) is 4.31 Å². The monoisotopic (exact) mass is 308 g/mol. The van der Waals surface area contributed by atoms with Crippen molar-refractivity contribution in [3.63, 3.8) is 0 Å². The van der Waals surface area contributed by atoms with Gasteiger partial charge in [0.1, 0.15) is 0 Å². The molecule has 6 nitrogen and oxygen atoms in total. The van der Waals surface area contributed by atoms with E-state index in [1.165, 1.54) is 28.6 Å². The lowest BCUT2D eigenvalue weighted by molar-refractivity contribution is -0.143. The summed E-state index contributed by atoms with van der Waals surface area (Å²) >= 11 is 0. The number of nitriles is 1. The number of hydrogen-bond acceptors (Lipinski definition) is 4. The van der Waals surface area contributed by atoms with Gasteiger partial charge in [-0.05, 0) is 30.5 Å². The Bertz CT molecular complexity index is 693. The Morgan fingerprint density at radius 2 is 2.14 bits per heavy atom. The van der Waals surface area contributed by atoms with Crippen LogP contribution in [-0.2, 0) is 14.8 Å². The Balaban J connectivity index is 2.34. The molecule has 2 unspecified atom stereocenters. The number of rotatable bonds is 3. The smallest absolute Gasteiger partial charge is 0.307 e. The first-order valence-corrected chi connectivity index (χ1v) is 8.01. The lowest BCUT2D eigenvalue weighted by atomic mass is 9.92. The fraction of sp³-hybridized carbons (Fsp3) is 0.429. The predicted octanol–water partition coefficient (Wildman–Crippen LogP) is 1.29. The second-order valence-corrected chi connectivity index (χ2v) is 7.28. The van der Waals surface area contributed by atoms with Crippen molar-refractivity contribution in [2.45, 2.75) is 18.2 Å². The molecule has 1 saturated heterocycles. The maximum atomic E-state index is 12.6. The van der Waals surface area contributed by atoms with E-state index in [1.807, 2.05) is 13.0 Å². The molecule has 0 amide bonds. The summed E-state index contributed by atoms with van der Waals surface area (Å²) in [7, 11) is -3.78. The van der Waals surface area contributed by atoms with E-state index in [9.17, 15) is 13.2 Å². The van der Waals surface area contributed by atoms with Crippen molar-refractivity contribution in [2.75, 3.05) is 13.1 Å². The molecule has 7 heteroatoms. The standard InChI is InChI=1S/C14H16N2O4S/c1-10-5-12(14(17)18)9-16(8-10)21(19,20)13-4-2-3-11(6-13)7-15/h2-4,6,10,12H,5,8-9H2,1H3,(H,17,18). The number of carboxylic acid groups (broad SMARTS) is 1. The molecule has 0 bridgehead atoms. The van der Waals surface area contributed by atoms with Gasteiger partial charge in [0, 0.05) is 13.1 Å². The number of carbonyl (C=O) groups is 1. The highest BCUT2D eigenvalue weighted by Crippen LogP contribution is 2.27. The second kappa shape index (κ2) is 5.84. The van der Waals surface area contributed by atoms with Crippen LogP contribution >= 0.6 is 0 Å². The average molecular weight is 308 g/mol. The van der Waals surface area contributed by atoms with Gasteiger partial charge in [-0.2, -0.15) is 9.57 Å². The third kappa shape index (κ3) is 3.23. The minimum absolute atomic E-state index is 0.0197. The third-order valence-electron chi connectivity index (χ3n) is 3.58. The Morgan fingerprint density at radius 3 is 2.76 bits per heavy atom. The molecule has 1 heterocycles. The first-order valence-electron chi connectivity index (χ1n) is 6.57. The minimum atomic E-state index is -3.78. The normalized spacial score (nSPS) is 23.4. The molecule has 1 aromatic rings. The Hall–Kier alpha value is -1.91. The van der Waals surface area contributed by atoms with Crippen LogP contribution in [0.2, 0.25) is 0 Å². The van der Waals surface area contributed by atoms with Crippen molar-refractivity contribution in [3.8, 4) is 6.07 Å². The molecule has 0 radical (unpaired) electrons. The molecule has 2 rings (SSSR count). The summed E-state index contributed by atoms with van der Waals surface area (Å²) < 4.78 is 26.4. The zero-order valence-corrected chi connectivity index (χ0v) is 12.4. The summed E-state index contributed by atoms with van der Waals surface area (Å²) in [5.74, 6) is -1.69. The van der Waals surface area contributed by atoms with Crippen molar-refractivity contribution < 1.29 is 18.3 Å². The van der Waals surface area contributed by atoms with Gasteiger partial charge in [-0.25, -0.2) is 8.42 Å². The molecule has 0 aliphatic carbocycles. The zero-order chi connectivity index (χ0) is 15.6. The molecular weight excluding hydrogens is 292 g/mol. The van der Waals surface area contributed by atoms with Crippen molar-refractivity contribution in [1.29, 1.82) is 5.26 Å². The summed E-state index contributed by atoms with van der Waals surface area (Å²) in [5.41, 5.74) is 0.260. The number of carboxylic acids is 1.